The molecule has 2 aromatic carbocycles. The molecule has 6 nitrogen and oxygen atoms in total. The predicted octanol–water partition coefficient (Wildman–Crippen LogP) is 2.91. The van der Waals surface area contributed by atoms with Crippen molar-refractivity contribution in [2.75, 3.05) is 19.8 Å². The maximum absolute atomic E-state index is 12.7. The molecule has 0 bridgehead atoms. The van der Waals surface area contributed by atoms with E-state index < -0.39 is 0 Å². The molecule has 1 aliphatic rings. The van der Waals surface area contributed by atoms with Crippen LogP contribution in [0.25, 0.3) is 10.9 Å². The van der Waals surface area contributed by atoms with Crippen LogP contribution >= 0.6 is 11.6 Å². The molecule has 0 radical (unpaired) electrons. The van der Waals surface area contributed by atoms with Crippen LogP contribution in [-0.2, 0) is 21.5 Å². The number of ether oxygens (including phenoxy) is 1. The zero-order valence-corrected chi connectivity index (χ0v) is 16.7. The Morgan fingerprint density at radius 3 is 2.69 bits per heavy atom. The molecule has 1 aliphatic heterocycles. The van der Waals surface area contributed by atoms with Crippen LogP contribution in [0.1, 0.15) is 18.4 Å². The normalized spacial score (nSPS) is 15.9. The first kappa shape index (κ1) is 19.6. The second-order valence-electron chi connectivity index (χ2n) is 7.37. The molecule has 1 N–H and O–H groups in total. The zero-order valence-electron chi connectivity index (χ0n) is 15.9. The van der Waals surface area contributed by atoms with Crippen molar-refractivity contribution < 1.29 is 9.53 Å². The van der Waals surface area contributed by atoms with E-state index in [9.17, 15) is 9.59 Å². The number of nitrogens with zero attached hydrogens (tertiary/aromatic N) is 2. The first-order chi connectivity index (χ1) is 14.1. The van der Waals surface area contributed by atoms with Crippen molar-refractivity contribution in [2.45, 2.75) is 24.8 Å². The average Bonchev–Trinajstić information content (AvgIpc) is 2.76. The van der Waals surface area contributed by atoms with Crippen molar-refractivity contribution in [2.24, 2.45) is 0 Å². The van der Waals surface area contributed by atoms with E-state index in [1.165, 1.54) is 16.5 Å². The predicted molar refractivity (Wildman–Crippen MR) is 112 cm³/mol. The fourth-order valence-corrected chi connectivity index (χ4v) is 4.02. The van der Waals surface area contributed by atoms with E-state index in [0.29, 0.717) is 35.7 Å². The minimum atomic E-state index is -0.281. The molecule has 1 saturated heterocycles. The van der Waals surface area contributed by atoms with Crippen LogP contribution in [0.3, 0.4) is 0 Å². The summed E-state index contributed by atoms with van der Waals surface area (Å²) >= 11 is 5.99. The number of hydrogen-bond donors (Lipinski definition) is 1. The van der Waals surface area contributed by atoms with Crippen LogP contribution in [0.5, 0.6) is 0 Å². The van der Waals surface area contributed by atoms with Gasteiger partial charge in [-0.25, -0.2) is 4.98 Å². The molecule has 3 aromatic rings. The van der Waals surface area contributed by atoms with Crippen molar-refractivity contribution in [1.82, 2.24) is 14.9 Å². The SMILES string of the molecule is O=C(Cn1cnc2ccc(Cl)cc2c1=O)NCC1(c2ccccc2)CCOCC1. The van der Waals surface area contributed by atoms with Crippen LogP contribution in [0.15, 0.2) is 59.7 Å². The number of nitrogens with one attached hydrogen (secondary N) is 1. The van der Waals surface area contributed by atoms with Gasteiger partial charge in [-0.05, 0) is 36.6 Å². The molecule has 150 valence electrons. The van der Waals surface area contributed by atoms with Gasteiger partial charge in [-0.3, -0.25) is 14.2 Å². The number of carbonyl (C=O) groups is 1. The highest BCUT2D eigenvalue weighted by Crippen LogP contribution is 2.34. The number of hydrogen-bond acceptors (Lipinski definition) is 4. The van der Waals surface area contributed by atoms with Gasteiger partial charge in [0.05, 0.1) is 17.2 Å². The number of fused-ring (bicyclic) bond motifs is 1. The Kier molecular flexibility index (Phi) is 5.65. The van der Waals surface area contributed by atoms with E-state index in [1.54, 1.807) is 18.2 Å². The molecular formula is C22H22ClN3O3. The quantitative estimate of drug-likeness (QED) is 0.700. The number of benzene rings is 2. The van der Waals surface area contributed by atoms with E-state index in [-0.39, 0.29) is 23.4 Å². The summed E-state index contributed by atoms with van der Waals surface area (Å²) in [6.07, 6.45) is 3.08. The number of carbonyl (C=O) groups excluding carboxylic acids is 1. The summed E-state index contributed by atoms with van der Waals surface area (Å²) in [4.78, 5) is 29.6. The lowest BCUT2D eigenvalue weighted by atomic mass is 9.74. The Balaban J connectivity index is 1.50. The third-order valence-electron chi connectivity index (χ3n) is 5.56. The van der Waals surface area contributed by atoms with Crippen LogP contribution in [0.2, 0.25) is 5.02 Å². The fraction of sp³-hybridized carbons (Fsp3) is 0.318. The maximum atomic E-state index is 12.7. The molecule has 4 rings (SSSR count). The van der Waals surface area contributed by atoms with Crippen molar-refractivity contribution >= 4 is 28.4 Å². The van der Waals surface area contributed by atoms with E-state index in [1.807, 2.05) is 18.2 Å². The lowest BCUT2D eigenvalue weighted by Gasteiger charge is -2.38. The highest BCUT2D eigenvalue weighted by Gasteiger charge is 2.34. The molecule has 0 atom stereocenters. The van der Waals surface area contributed by atoms with Gasteiger partial charge in [0.25, 0.3) is 5.56 Å². The van der Waals surface area contributed by atoms with Crippen molar-refractivity contribution in [3.05, 3.63) is 75.8 Å². The number of halogens is 1. The van der Waals surface area contributed by atoms with Gasteiger partial charge < -0.3 is 10.1 Å². The summed E-state index contributed by atoms with van der Waals surface area (Å²) in [6, 6.07) is 15.2. The second-order valence-corrected chi connectivity index (χ2v) is 7.81. The molecule has 1 fully saturated rings. The Hall–Kier alpha value is -2.70. The van der Waals surface area contributed by atoms with Crippen LogP contribution < -0.4 is 10.9 Å². The third-order valence-corrected chi connectivity index (χ3v) is 5.80. The molecule has 2 heterocycles. The van der Waals surface area contributed by atoms with Gasteiger partial charge in [0.2, 0.25) is 5.91 Å². The van der Waals surface area contributed by atoms with Gasteiger partial charge in [-0.15, -0.1) is 0 Å². The second kappa shape index (κ2) is 8.35. The summed E-state index contributed by atoms with van der Waals surface area (Å²) in [7, 11) is 0. The maximum Gasteiger partial charge on any atom is 0.261 e. The summed E-state index contributed by atoms with van der Waals surface area (Å²) in [5.41, 5.74) is 1.32. The number of rotatable bonds is 5. The number of aromatic nitrogens is 2. The zero-order chi connectivity index (χ0) is 20.3. The Labute approximate surface area is 173 Å². The molecule has 1 aromatic heterocycles. The van der Waals surface area contributed by atoms with E-state index in [2.05, 4.69) is 22.4 Å². The van der Waals surface area contributed by atoms with Crippen molar-refractivity contribution in [3.63, 3.8) is 0 Å². The Morgan fingerprint density at radius 1 is 1.17 bits per heavy atom. The lowest BCUT2D eigenvalue weighted by Crippen LogP contribution is -2.45. The molecular weight excluding hydrogens is 390 g/mol. The monoisotopic (exact) mass is 411 g/mol. The highest BCUT2D eigenvalue weighted by molar-refractivity contribution is 6.31. The van der Waals surface area contributed by atoms with Crippen LogP contribution in [0.4, 0.5) is 0 Å². The van der Waals surface area contributed by atoms with E-state index in [0.717, 1.165) is 12.8 Å². The third kappa shape index (κ3) is 4.18. The largest absolute Gasteiger partial charge is 0.381 e. The van der Waals surface area contributed by atoms with Gasteiger partial charge in [0.15, 0.2) is 0 Å². The van der Waals surface area contributed by atoms with Gasteiger partial charge in [0.1, 0.15) is 6.54 Å². The Bertz CT molecular complexity index is 1080. The lowest BCUT2D eigenvalue weighted by molar-refractivity contribution is -0.122. The average molecular weight is 412 g/mol. The minimum absolute atomic E-state index is 0.0876. The first-order valence-corrected chi connectivity index (χ1v) is 10.00. The highest BCUT2D eigenvalue weighted by atomic mass is 35.5. The molecule has 0 aliphatic carbocycles. The smallest absolute Gasteiger partial charge is 0.261 e. The summed E-state index contributed by atoms with van der Waals surface area (Å²) in [5, 5.41) is 3.88. The van der Waals surface area contributed by atoms with Crippen molar-refractivity contribution in [1.29, 1.82) is 0 Å². The summed E-state index contributed by atoms with van der Waals surface area (Å²) < 4.78 is 6.85. The van der Waals surface area contributed by atoms with E-state index in [4.69, 9.17) is 16.3 Å². The number of amides is 1. The molecule has 1 amide bonds. The standard InChI is InChI=1S/C22H22ClN3O3/c23-17-6-7-19-18(12-17)21(28)26(15-25-19)13-20(27)24-14-22(8-10-29-11-9-22)16-4-2-1-3-5-16/h1-7,12,15H,8-11,13-14H2,(H,24,27). The van der Waals surface area contributed by atoms with Crippen LogP contribution in [-0.4, -0.2) is 35.2 Å². The van der Waals surface area contributed by atoms with Gasteiger partial charge in [-0.2, -0.15) is 0 Å². The molecule has 0 spiro atoms. The van der Waals surface area contributed by atoms with Crippen LogP contribution in [0, 0.1) is 0 Å². The summed E-state index contributed by atoms with van der Waals surface area (Å²) in [6.45, 7) is 1.75. The van der Waals surface area contributed by atoms with E-state index >= 15 is 0 Å². The molecule has 0 unspecified atom stereocenters. The minimum Gasteiger partial charge on any atom is -0.381 e. The summed E-state index contributed by atoms with van der Waals surface area (Å²) in [5.74, 6) is -0.225. The molecule has 7 heteroatoms. The van der Waals surface area contributed by atoms with Crippen molar-refractivity contribution in [3.8, 4) is 0 Å². The van der Waals surface area contributed by atoms with Gasteiger partial charge >= 0.3 is 0 Å². The molecule has 29 heavy (non-hydrogen) atoms. The van der Waals surface area contributed by atoms with Gasteiger partial charge in [-0.1, -0.05) is 41.9 Å². The Morgan fingerprint density at radius 2 is 1.93 bits per heavy atom. The molecule has 0 saturated carbocycles. The fourth-order valence-electron chi connectivity index (χ4n) is 3.84. The first-order valence-electron chi connectivity index (χ1n) is 9.62. The topological polar surface area (TPSA) is 73.2 Å². The van der Waals surface area contributed by atoms with Gasteiger partial charge in [0, 0.05) is 30.2 Å².